The molecule has 0 aromatic carbocycles. The van der Waals surface area contributed by atoms with E-state index in [9.17, 15) is 18.0 Å². The Balaban J connectivity index is 0.000000394. The van der Waals surface area contributed by atoms with Gasteiger partial charge in [-0.3, -0.25) is 16.0 Å². The van der Waals surface area contributed by atoms with Crippen LogP contribution in [-0.4, -0.2) is 28.4 Å². The van der Waals surface area contributed by atoms with E-state index in [-0.39, 0.29) is 25.1 Å². The molecular weight excluding hydrogens is 409 g/mol. The van der Waals surface area contributed by atoms with Gasteiger partial charge in [-0.05, 0) is 32.6 Å². The molecular formula is C19H32ClF3N4O2. The molecule has 2 aliphatic carbocycles. The van der Waals surface area contributed by atoms with E-state index in [4.69, 9.17) is 5.84 Å². The minimum atomic E-state index is -4.62. The number of alkyl halides is 3. The number of nitrogens with two attached hydrogens (primary N) is 1. The fourth-order valence-corrected chi connectivity index (χ4v) is 3.87. The van der Waals surface area contributed by atoms with Crippen LogP contribution < -0.4 is 11.3 Å². The number of carbonyl (C=O) groups is 1. The van der Waals surface area contributed by atoms with E-state index in [0.29, 0.717) is 18.9 Å². The van der Waals surface area contributed by atoms with E-state index in [1.807, 2.05) is 0 Å². The Morgan fingerprint density at radius 3 is 2.17 bits per heavy atom. The average molecular weight is 441 g/mol. The molecule has 0 bridgehead atoms. The Bertz CT molecular complexity index is 613. The Morgan fingerprint density at radius 2 is 1.72 bits per heavy atom. The van der Waals surface area contributed by atoms with Crippen LogP contribution in [0.25, 0.3) is 0 Å². The summed E-state index contributed by atoms with van der Waals surface area (Å²) in [5, 5.41) is 3.81. The van der Waals surface area contributed by atoms with Crippen LogP contribution in [0.3, 0.4) is 0 Å². The molecule has 0 saturated heterocycles. The minimum Gasteiger partial charge on any atom is -0.462 e. The number of hydrogen-bond acceptors (Lipinski definition) is 5. The lowest BCUT2D eigenvalue weighted by Gasteiger charge is -2.24. The van der Waals surface area contributed by atoms with Crippen LogP contribution in [0.4, 0.5) is 13.2 Å². The molecule has 1 heterocycles. The number of carbonyl (C=O) groups excluding carboxylic acids is 1. The summed E-state index contributed by atoms with van der Waals surface area (Å²) in [4.78, 5) is 11.6. The third kappa shape index (κ3) is 7.46. The van der Waals surface area contributed by atoms with Crippen LogP contribution in [0.2, 0.25) is 0 Å². The summed E-state index contributed by atoms with van der Waals surface area (Å²) in [6, 6.07) is 0.326. The fourth-order valence-electron chi connectivity index (χ4n) is 3.87. The number of esters is 1. The number of halogens is 4. The number of aromatic nitrogens is 2. The third-order valence-electron chi connectivity index (χ3n) is 5.32. The van der Waals surface area contributed by atoms with Crippen LogP contribution in [-0.2, 0) is 10.9 Å². The zero-order valence-corrected chi connectivity index (χ0v) is 17.7. The molecule has 0 radical (unpaired) electrons. The molecule has 168 valence electrons. The van der Waals surface area contributed by atoms with Gasteiger partial charge in [0.05, 0.1) is 18.8 Å². The highest BCUT2D eigenvalue weighted by Crippen LogP contribution is 2.37. The Morgan fingerprint density at radius 1 is 1.17 bits per heavy atom. The first kappa shape index (κ1) is 25.7. The molecule has 3 rings (SSSR count). The lowest BCUT2D eigenvalue weighted by molar-refractivity contribution is -0.145. The first-order valence-corrected chi connectivity index (χ1v) is 10.2. The summed E-state index contributed by atoms with van der Waals surface area (Å²) in [5.41, 5.74) is 1.32. The average Bonchev–Trinajstić information content (AvgIpc) is 3.16. The molecule has 0 unspecified atom stereocenters. The van der Waals surface area contributed by atoms with Gasteiger partial charge < -0.3 is 4.74 Å². The predicted molar refractivity (Wildman–Crippen MR) is 107 cm³/mol. The SMILES string of the molecule is CCOC(=O)c1cnn(C2CCCCC2)c1C(F)(F)F.Cl.NNC1CCCCC1. The van der Waals surface area contributed by atoms with Gasteiger partial charge in [-0.15, -0.1) is 12.4 Å². The van der Waals surface area contributed by atoms with Gasteiger partial charge in [-0.2, -0.15) is 18.3 Å². The van der Waals surface area contributed by atoms with Gasteiger partial charge in [-0.25, -0.2) is 4.79 Å². The highest BCUT2D eigenvalue weighted by molar-refractivity contribution is 5.90. The summed E-state index contributed by atoms with van der Waals surface area (Å²) in [6.07, 6.45) is 7.14. The second-order valence-corrected chi connectivity index (χ2v) is 7.36. The van der Waals surface area contributed by atoms with E-state index in [1.54, 1.807) is 6.92 Å². The van der Waals surface area contributed by atoms with Gasteiger partial charge in [0.1, 0.15) is 5.56 Å². The Kier molecular flexibility index (Phi) is 11.0. The zero-order chi connectivity index (χ0) is 20.6. The van der Waals surface area contributed by atoms with Crippen LogP contribution >= 0.6 is 12.4 Å². The van der Waals surface area contributed by atoms with Crippen molar-refractivity contribution in [3.8, 4) is 0 Å². The summed E-state index contributed by atoms with van der Waals surface area (Å²) in [6.45, 7) is 1.58. The maximum atomic E-state index is 13.2. The number of hydrazine groups is 1. The molecule has 2 aliphatic rings. The van der Waals surface area contributed by atoms with Crippen molar-refractivity contribution in [1.82, 2.24) is 15.2 Å². The summed E-state index contributed by atoms with van der Waals surface area (Å²) >= 11 is 0. The number of hydrogen-bond donors (Lipinski definition) is 2. The molecule has 1 aromatic rings. The van der Waals surface area contributed by atoms with Gasteiger partial charge in [0, 0.05) is 6.04 Å². The van der Waals surface area contributed by atoms with Crippen LogP contribution in [0.15, 0.2) is 6.20 Å². The zero-order valence-electron chi connectivity index (χ0n) is 16.8. The normalized spacial score (nSPS) is 18.4. The first-order valence-electron chi connectivity index (χ1n) is 10.2. The van der Waals surface area contributed by atoms with Gasteiger partial charge >= 0.3 is 12.1 Å². The van der Waals surface area contributed by atoms with Crippen molar-refractivity contribution < 1.29 is 22.7 Å². The molecule has 0 atom stereocenters. The summed E-state index contributed by atoms with van der Waals surface area (Å²) in [5.74, 6) is 4.28. The molecule has 2 fully saturated rings. The lowest BCUT2D eigenvalue weighted by Crippen LogP contribution is -2.36. The quantitative estimate of drug-likeness (QED) is 0.399. The molecule has 0 aliphatic heterocycles. The van der Waals surface area contributed by atoms with Crippen molar-refractivity contribution in [3.63, 3.8) is 0 Å². The molecule has 10 heteroatoms. The molecule has 0 spiro atoms. The maximum Gasteiger partial charge on any atom is 0.433 e. The molecule has 1 aromatic heterocycles. The van der Waals surface area contributed by atoms with Gasteiger partial charge in [0.25, 0.3) is 0 Å². The number of ether oxygens (including phenoxy) is 1. The van der Waals surface area contributed by atoms with Crippen molar-refractivity contribution in [2.45, 2.75) is 89.4 Å². The first-order chi connectivity index (χ1) is 13.4. The molecule has 2 saturated carbocycles. The van der Waals surface area contributed by atoms with Crippen molar-refractivity contribution in [1.29, 1.82) is 0 Å². The van der Waals surface area contributed by atoms with Gasteiger partial charge in [0.2, 0.25) is 0 Å². The molecule has 6 nitrogen and oxygen atoms in total. The Hall–Kier alpha value is -1.32. The molecule has 3 N–H and O–H groups in total. The van der Waals surface area contributed by atoms with E-state index < -0.39 is 23.4 Å². The van der Waals surface area contributed by atoms with Crippen molar-refractivity contribution >= 4 is 18.4 Å². The highest BCUT2D eigenvalue weighted by Gasteiger charge is 2.42. The van der Waals surface area contributed by atoms with E-state index in [0.717, 1.165) is 30.1 Å². The Labute approximate surface area is 176 Å². The molecule has 29 heavy (non-hydrogen) atoms. The van der Waals surface area contributed by atoms with Gasteiger partial charge in [-0.1, -0.05) is 38.5 Å². The second-order valence-electron chi connectivity index (χ2n) is 7.36. The summed E-state index contributed by atoms with van der Waals surface area (Å²) in [7, 11) is 0. The maximum absolute atomic E-state index is 13.2. The van der Waals surface area contributed by atoms with Crippen LogP contribution in [0, 0.1) is 0 Å². The van der Waals surface area contributed by atoms with Crippen molar-refractivity contribution in [3.05, 3.63) is 17.5 Å². The summed E-state index contributed by atoms with van der Waals surface area (Å²) < 4.78 is 45.3. The van der Waals surface area contributed by atoms with Crippen molar-refractivity contribution in [2.24, 2.45) is 5.84 Å². The number of nitrogens with zero attached hydrogens (tertiary/aromatic N) is 2. The van der Waals surface area contributed by atoms with Crippen molar-refractivity contribution in [2.75, 3.05) is 6.61 Å². The van der Waals surface area contributed by atoms with Gasteiger partial charge in [0.15, 0.2) is 5.69 Å². The second kappa shape index (κ2) is 12.4. The smallest absolute Gasteiger partial charge is 0.433 e. The van der Waals surface area contributed by atoms with E-state index in [2.05, 4.69) is 15.3 Å². The third-order valence-corrected chi connectivity index (χ3v) is 5.32. The standard InChI is InChI=1S/C13H17F3N2O2.C6H14N2.ClH/c1-2-20-12(19)10-8-17-18(11(10)13(14,15)16)9-6-4-3-5-7-9;7-8-6-4-2-1-3-5-6;/h8-9H,2-7H2,1H3;6,8H,1-5,7H2;1H. The van der Waals surface area contributed by atoms with E-state index in [1.165, 1.54) is 32.1 Å². The van der Waals surface area contributed by atoms with Crippen LogP contribution in [0.1, 0.15) is 93.2 Å². The highest BCUT2D eigenvalue weighted by atomic mass is 35.5. The topological polar surface area (TPSA) is 82.2 Å². The molecule has 0 amide bonds. The number of nitrogens with one attached hydrogen (secondary N) is 1. The minimum absolute atomic E-state index is 0. The van der Waals surface area contributed by atoms with E-state index >= 15 is 0 Å². The predicted octanol–water partition coefficient (Wildman–Crippen LogP) is 4.79. The fraction of sp³-hybridized carbons (Fsp3) is 0.789. The number of rotatable bonds is 4. The van der Waals surface area contributed by atoms with Crippen LogP contribution in [0.5, 0.6) is 0 Å². The largest absolute Gasteiger partial charge is 0.462 e. The monoisotopic (exact) mass is 440 g/mol. The lowest BCUT2D eigenvalue weighted by atomic mass is 9.95.